The van der Waals surface area contributed by atoms with Gasteiger partial charge in [-0.05, 0) is 31.2 Å². The van der Waals surface area contributed by atoms with Crippen LogP contribution in [0, 0.1) is 0 Å². The molecule has 6 nitrogen and oxygen atoms in total. The van der Waals surface area contributed by atoms with E-state index in [9.17, 15) is 0 Å². The Morgan fingerprint density at radius 3 is 2.83 bits per heavy atom. The Morgan fingerprint density at radius 2 is 2.00 bits per heavy atom. The molecule has 0 saturated carbocycles. The molecule has 2 aliphatic heterocycles. The highest BCUT2D eigenvalue weighted by Crippen LogP contribution is 2.26. The lowest BCUT2D eigenvalue weighted by atomic mass is 9.99. The minimum Gasteiger partial charge on any atom is -0.356 e. The highest BCUT2D eigenvalue weighted by Gasteiger charge is 2.25. The summed E-state index contributed by atoms with van der Waals surface area (Å²) in [7, 11) is 1.89. The summed E-state index contributed by atoms with van der Waals surface area (Å²) in [6.45, 7) is 4.11. The number of hydrogen-bond acceptors (Lipinski definition) is 3. The molecule has 2 aliphatic rings. The van der Waals surface area contributed by atoms with Crippen molar-refractivity contribution in [2.75, 3.05) is 26.7 Å². The predicted octanol–water partition coefficient (Wildman–Crippen LogP) is 3.62. The predicted molar refractivity (Wildman–Crippen MR) is 128 cm³/mol. The summed E-state index contributed by atoms with van der Waals surface area (Å²) in [4.78, 5) is 6.90. The molecule has 1 unspecified atom stereocenters. The first-order valence-corrected chi connectivity index (χ1v) is 10.8. The van der Waals surface area contributed by atoms with Gasteiger partial charge in [-0.25, -0.2) is 0 Å². The van der Waals surface area contributed by atoms with Crippen molar-refractivity contribution in [1.29, 1.82) is 0 Å². The van der Waals surface area contributed by atoms with E-state index in [0.717, 1.165) is 57.2 Å². The maximum absolute atomic E-state index is 4.51. The smallest absolute Gasteiger partial charge is 0.193 e. The monoisotopic (exact) mass is 508 g/mol. The van der Waals surface area contributed by atoms with Crippen molar-refractivity contribution in [3.8, 4) is 0 Å². The van der Waals surface area contributed by atoms with Crippen LogP contribution in [0.15, 0.2) is 35.3 Å². The van der Waals surface area contributed by atoms with E-state index >= 15 is 0 Å². The zero-order valence-corrected chi connectivity index (χ0v) is 19.7. The highest BCUT2D eigenvalue weighted by atomic mass is 127. The summed E-state index contributed by atoms with van der Waals surface area (Å²) >= 11 is 0. The van der Waals surface area contributed by atoms with Gasteiger partial charge in [0.05, 0.1) is 0 Å². The molecule has 4 rings (SSSR count). The lowest BCUT2D eigenvalue weighted by Crippen LogP contribution is -2.40. The van der Waals surface area contributed by atoms with Gasteiger partial charge in [-0.2, -0.15) is 0 Å². The largest absolute Gasteiger partial charge is 0.356 e. The molecule has 7 heteroatoms. The molecule has 1 atom stereocenters. The van der Waals surface area contributed by atoms with Crippen molar-refractivity contribution in [3.05, 3.63) is 47.5 Å². The Hall–Kier alpha value is -1.64. The molecule has 158 valence electrons. The minimum absolute atomic E-state index is 0. The molecule has 1 aromatic carbocycles. The van der Waals surface area contributed by atoms with Crippen molar-refractivity contribution in [2.24, 2.45) is 4.99 Å². The van der Waals surface area contributed by atoms with Crippen LogP contribution in [0.2, 0.25) is 0 Å². The SMILES string of the molecule is CN=C(NCCCc1nnc2n1CCCCC2)N1CCC(c2ccccc2)C1.I. The second-order valence-corrected chi connectivity index (χ2v) is 7.91. The van der Waals surface area contributed by atoms with Crippen LogP contribution < -0.4 is 5.32 Å². The molecule has 1 saturated heterocycles. The Balaban J connectivity index is 0.00000240. The van der Waals surface area contributed by atoms with Gasteiger partial charge < -0.3 is 14.8 Å². The fraction of sp³-hybridized carbons (Fsp3) is 0.591. The summed E-state index contributed by atoms with van der Waals surface area (Å²) in [6, 6.07) is 10.8. The van der Waals surface area contributed by atoms with Gasteiger partial charge in [-0.3, -0.25) is 4.99 Å². The van der Waals surface area contributed by atoms with E-state index in [1.54, 1.807) is 0 Å². The fourth-order valence-corrected chi connectivity index (χ4v) is 4.46. The molecule has 0 amide bonds. The summed E-state index contributed by atoms with van der Waals surface area (Å²) < 4.78 is 2.35. The van der Waals surface area contributed by atoms with Gasteiger partial charge >= 0.3 is 0 Å². The van der Waals surface area contributed by atoms with Crippen molar-refractivity contribution in [2.45, 2.75) is 57.4 Å². The lowest BCUT2D eigenvalue weighted by Gasteiger charge is -2.21. The van der Waals surface area contributed by atoms with Gasteiger partial charge in [0.1, 0.15) is 11.6 Å². The standard InChI is InChI=1S/C22H32N6.HI/c1-23-22(27-16-13-19(17-27)18-9-4-2-5-10-18)24-14-8-12-21-26-25-20-11-6-3-7-15-28(20)21;/h2,4-5,9-10,19H,3,6-8,11-17H2,1H3,(H,23,24);1H. The summed E-state index contributed by atoms with van der Waals surface area (Å²) in [5, 5.41) is 12.4. The number of nitrogens with one attached hydrogen (secondary N) is 1. The average molecular weight is 508 g/mol. The van der Waals surface area contributed by atoms with Gasteiger partial charge in [-0.15, -0.1) is 34.2 Å². The third-order valence-corrected chi connectivity index (χ3v) is 6.02. The van der Waals surface area contributed by atoms with Crippen LogP contribution in [0.4, 0.5) is 0 Å². The van der Waals surface area contributed by atoms with Crippen molar-refractivity contribution in [1.82, 2.24) is 25.0 Å². The number of nitrogens with zero attached hydrogens (tertiary/aromatic N) is 5. The molecule has 0 bridgehead atoms. The van der Waals surface area contributed by atoms with Gasteiger partial charge in [0.2, 0.25) is 0 Å². The third kappa shape index (κ3) is 5.49. The Morgan fingerprint density at radius 1 is 1.14 bits per heavy atom. The maximum atomic E-state index is 4.51. The molecule has 1 aromatic heterocycles. The highest BCUT2D eigenvalue weighted by molar-refractivity contribution is 14.0. The van der Waals surface area contributed by atoms with E-state index in [1.807, 2.05) is 7.05 Å². The van der Waals surface area contributed by atoms with E-state index in [0.29, 0.717) is 5.92 Å². The maximum Gasteiger partial charge on any atom is 0.193 e. The minimum atomic E-state index is 0. The first-order valence-electron chi connectivity index (χ1n) is 10.8. The first kappa shape index (κ1) is 22.1. The molecule has 0 radical (unpaired) electrons. The number of aliphatic imine (C=N–C) groups is 1. The van der Waals surface area contributed by atoms with Crippen LogP contribution in [0.1, 0.15) is 55.2 Å². The first-order chi connectivity index (χ1) is 13.8. The number of halogens is 1. The molecule has 3 heterocycles. The number of benzene rings is 1. The van der Waals surface area contributed by atoms with Gasteiger partial charge in [0.25, 0.3) is 0 Å². The number of fused-ring (bicyclic) bond motifs is 1. The third-order valence-electron chi connectivity index (χ3n) is 6.02. The second-order valence-electron chi connectivity index (χ2n) is 7.91. The molecule has 1 N–H and O–H groups in total. The van der Waals surface area contributed by atoms with Gasteiger partial charge in [0, 0.05) is 52.0 Å². The van der Waals surface area contributed by atoms with Crippen molar-refractivity contribution in [3.63, 3.8) is 0 Å². The van der Waals surface area contributed by atoms with Crippen LogP contribution in [0.3, 0.4) is 0 Å². The number of guanidine groups is 1. The fourth-order valence-electron chi connectivity index (χ4n) is 4.46. The Kier molecular flexibility index (Phi) is 8.32. The van der Waals surface area contributed by atoms with E-state index in [2.05, 4.69) is 60.3 Å². The van der Waals surface area contributed by atoms with Crippen LogP contribution in [0.25, 0.3) is 0 Å². The van der Waals surface area contributed by atoms with Crippen LogP contribution in [-0.4, -0.2) is 52.3 Å². The number of hydrogen-bond donors (Lipinski definition) is 1. The van der Waals surface area contributed by atoms with Crippen LogP contribution in [-0.2, 0) is 19.4 Å². The molecular formula is C22H33IN6. The van der Waals surface area contributed by atoms with Crippen molar-refractivity contribution >= 4 is 29.9 Å². The summed E-state index contributed by atoms with van der Waals surface area (Å²) in [5.41, 5.74) is 1.44. The number of aryl methyl sites for hydroxylation is 2. The van der Waals surface area contributed by atoms with E-state index in [4.69, 9.17) is 0 Å². The van der Waals surface area contributed by atoms with E-state index in [1.165, 1.54) is 37.1 Å². The van der Waals surface area contributed by atoms with Gasteiger partial charge in [-0.1, -0.05) is 36.8 Å². The molecule has 29 heavy (non-hydrogen) atoms. The summed E-state index contributed by atoms with van der Waals surface area (Å²) in [5.74, 6) is 3.96. The average Bonchev–Trinajstić information content (AvgIpc) is 3.30. The quantitative estimate of drug-likeness (QED) is 0.290. The topological polar surface area (TPSA) is 58.3 Å². The number of aromatic nitrogens is 3. The van der Waals surface area contributed by atoms with Crippen LogP contribution >= 0.6 is 24.0 Å². The van der Waals surface area contributed by atoms with Crippen molar-refractivity contribution < 1.29 is 0 Å². The second kappa shape index (κ2) is 10.9. The molecule has 0 aliphatic carbocycles. The van der Waals surface area contributed by atoms with E-state index in [-0.39, 0.29) is 24.0 Å². The normalized spacial score (nSPS) is 19.4. The van der Waals surface area contributed by atoms with Crippen LogP contribution in [0.5, 0.6) is 0 Å². The zero-order chi connectivity index (χ0) is 19.2. The number of rotatable bonds is 5. The molecular weight excluding hydrogens is 475 g/mol. The van der Waals surface area contributed by atoms with E-state index < -0.39 is 0 Å². The molecule has 2 aromatic rings. The molecule has 1 fully saturated rings. The van der Waals surface area contributed by atoms with Gasteiger partial charge in [0.15, 0.2) is 5.96 Å². The Labute approximate surface area is 191 Å². The molecule has 0 spiro atoms. The number of likely N-dealkylation sites (tertiary alicyclic amines) is 1. The summed E-state index contributed by atoms with van der Waals surface area (Å²) in [6.07, 6.45) is 8.10. The lowest BCUT2D eigenvalue weighted by molar-refractivity contribution is 0.484. The Bertz CT molecular complexity index is 788. The zero-order valence-electron chi connectivity index (χ0n) is 17.4.